The fraction of sp³-hybridized carbons (Fsp3) is 0.929. The van der Waals surface area contributed by atoms with Crippen molar-refractivity contribution in [3.63, 3.8) is 0 Å². The van der Waals surface area contributed by atoms with Crippen LogP contribution in [-0.2, 0) is 0 Å². The fourth-order valence-corrected chi connectivity index (χ4v) is 2.77. The minimum Gasteiger partial charge on any atom is -0.338 e. The van der Waals surface area contributed by atoms with Crippen LogP contribution in [0, 0.1) is 11.3 Å². The molecule has 0 saturated heterocycles. The van der Waals surface area contributed by atoms with Gasteiger partial charge in [0.25, 0.3) is 0 Å². The lowest BCUT2D eigenvalue weighted by Crippen LogP contribution is -2.43. The first-order valence-corrected chi connectivity index (χ1v) is 6.95. The van der Waals surface area contributed by atoms with Crippen molar-refractivity contribution in [1.29, 1.82) is 0 Å². The molecule has 1 aliphatic carbocycles. The van der Waals surface area contributed by atoms with Crippen LogP contribution < -0.4 is 10.6 Å². The van der Waals surface area contributed by atoms with Gasteiger partial charge in [-0.05, 0) is 50.4 Å². The van der Waals surface area contributed by atoms with Crippen molar-refractivity contribution in [1.82, 2.24) is 10.6 Å². The molecule has 100 valence electrons. The Kier molecular flexibility index (Phi) is 5.29. The third-order valence-electron chi connectivity index (χ3n) is 3.42. The maximum atomic E-state index is 11.4. The summed E-state index contributed by atoms with van der Waals surface area (Å²) in [6.07, 6.45) is 6.10. The number of rotatable bonds is 3. The molecule has 0 unspecified atom stereocenters. The first-order valence-electron chi connectivity index (χ1n) is 6.95. The molecule has 0 aromatic heterocycles. The monoisotopic (exact) mass is 240 g/mol. The van der Waals surface area contributed by atoms with Gasteiger partial charge in [0.2, 0.25) is 0 Å². The molecule has 0 atom stereocenters. The van der Waals surface area contributed by atoms with Crippen LogP contribution in [0.15, 0.2) is 0 Å². The van der Waals surface area contributed by atoms with E-state index in [1.807, 2.05) is 6.92 Å². The quantitative estimate of drug-likeness (QED) is 0.781. The lowest BCUT2D eigenvalue weighted by atomic mass is 9.76. The van der Waals surface area contributed by atoms with Gasteiger partial charge < -0.3 is 10.6 Å². The number of amides is 2. The second-order valence-electron chi connectivity index (χ2n) is 6.49. The highest BCUT2D eigenvalue weighted by atomic mass is 16.2. The van der Waals surface area contributed by atoms with Crippen LogP contribution in [0.3, 0.4) is 0 Å². The molecule has 0 heterocycles. The zero-order valence-electron chi connectivity index (χ0n) is 11.8. The second-order valence-corrected chi connectivity index (χ2v) is 6.49. The molecular formula is C14H28N2O. The lowest BCUT2D eigenvalue weighted by molar-refractivity contribution is 0.206. The highest BCUT2D eigenvalue weighted by Gasteiger charge is 2.25. The van der Waals surface area contributed by atoms with Crippen molar-refractivity contribution in [2.24, 2.45) is 11.3 Å². The van der Waals surface area contributed by atoms with Gasteiger partial charge in [-0.15, -0.1) is 0 Å². The van der Waals surface area contributed by atoms with Gasteiger partial charge in [0.1, 0.15) is 0 Å². The van der Waals surface area contributed by atoms with E-state index in [1.54, 1.807) is 0 Å². The predicted octanol–water partition coefficient (Wildman–Crippen LogP) is 3.30. The van der Waals surface area contributed by atoms with Gasteiger partial charge in [0.05, 0.1) is 0 Å². The van der Waals surface area contributed by atoms with E-state index < -0.39 is 0 Å². The summed E-state index contributed by atoms with van der Waals surface area (Å²) in [7, 11) is 0. The van der Waals surface area contributed by atoms with Crippen LogP contribution in [-0.4, -0.2) is 18.6 Å². The molecule has 1 saturated carbocycles. The molecule has 0 aromatic rings. The van der Waals surface area contributed by atoms with Gasteiger partial charge in [0, 0.05) is 12.6 Å². The van der Waals surface area contributed by atoms with Gasteiger partial charge in [-0.3, -0.25) is 0 Å². The molecule has 0 aliphatic heterocycles. The standard InChI is InChI=1S/C14H28N2O/c1-5-15-13(17)16-12-8-6-11(7-9-12)10-14(2,3)4/h11-12H,5-10H2,1-4H3,(H2,15,16,17)/t11-,12+. The van der Waals surface area contributed by atoms with Gasteiger partial charge in [-0.2, -0.15) is 0 Å². The topological polar surface area (TPSA) is 41.1 Å². The summed E-state index contributed by atoms with van der Waals surface area (Å²) in [6, 6.07) is 0.379. The number of carbonyl (C=O) groups excluding carboxylic acids is 1. The summed E-state index contributed by atoms with van der Waals surface area (Å²) >= 11 is 0. The van der Waals surface area contributed by atoms with Crippen LogP contribution in [0.5, 0.6) is 0 Å². The average Bonchev–Trinajstić information content (AvgIpc) is 2.19. The van der Waals surface area contributed by atoms with Crippen LogP contribution in [0.1, 0.15) is 59.8 Å². The van der Waals surface area contributed by atoms with Crippen molar-refractivity contribution in [2.45, 2.75) is 65.8 Å². The summed E-state index contributed by atoms with van der Waals surface area (Å²) < 4.78 is 0. The first kappa shape index (κ1) is 14.3. The average molecular weight is 240 g/mol. The molecule has 0 aromatic carbocycles. The smallest absolute Gasteiger partial charge is 0.314 e. The fourth-order valence-electron chi connectivity index (χ4n) is 2.77. The van der Waals surface area contributed by atoms with Gasteiger partial charge >= 0.3 is 6.03 Å². The van der Waals surface area contributed by atoms with Crippen LogP contribution in [0.2, 0.25) is 0 Å². The number of carbonyl (C=O) groups is 1. The predicted molar refractivity (Wildman–Crippen MR) is 72.0 cm³/mol. The largest absolute Gasteiger partial charge is 0.338 e. The summed E-state index contributed by atoms with van der Waals surface area (Å²) in [5.41, 5.74) is 0.435. The molecule has 1 aliphatic rings. The van der Waals surface area contributed by atoms with Crippen LogP contribution >= 0.6 is 0 Å². The normalized spacial score (nSPS) is 25.4. The van der Waals surface area contributed by atoms with Crippen molar-refractivity contribution in [2.75, 3.05) is 6.54 Å². The lowest BCUT2D eigenvalue weighted by Gasteiger charge is -2.32. The summed E-state index contributed by atoms with van der Waals surface area (Å²) in [5, 5.41) is 5.85. The third kappa shape index (κ3) is 5.94. The van der Waals surface area contributed by atoms with E-state index in [2.05, 4.69) is 31.4 Å². The van der Waals surface area contributed by atoms with Gasteiger partial charge in [-0.25, -0.2) is 4.79 Å². The van der Waals surface area contributed by atoms with Crippen LogP contribution in [0.25, 0.3) is 0 Å². The van der Waals surface area contributed by atoms with Crippen molar-refractivity contribution in [3.05, 3.63) is 0 Å². The second kappa shape index (κ2) is 6.27. The third-order valence-corrected chi connectivity index (χ3v) is 3.42. The molecule has 0 spiro atoms. The summed E-state index contributed by atoms with van der Waals surface area (Å²) in [4.78, 5) is 11.4. The Balaban J connectivity index is 2.24. The molecule has 3 heteroatoms. The number of nitrogens with one attached hydrogen (secondary N) is 2. The molecule has 2 amide bonds. The first-order chi connectivity index (χ1) is 7.90. The molecule has 1 rings (SSSR count). The van der Waals surface area contributed by atoms with E-state index in [1.165, 1.54) is 19.3 Å². The molecule has 0 bridgehead atoms. The molecular weight excluding hydrogens is 212 g/mol. The maximum Gasteiger partial charge on any atom is 0.314 e. The minimum absolute atomic E-state index is 0.00762. The highest BCUT2D eigenvalue weighted by molar-refractivity contribution is 5.74. The van der Waals surface area contributed by atoms with Crippen molar-refractivity contribution >= 4 is 6.03 Å². The van der Waals surface area contributed by atoms with Crippen molar-refractivity contribution in [3.8, 4) is 0 Å². The Morgan fingerprint density at radius 1 is 1.18 bits per heavy atom. The Morgan fingerprint density at radius 3 is 2.24 bits per heavy atom. The maximum absolute atomic E-state index is 11.4. The zero-order chi connectivity index (χ0) is 12.9. The Morgan fingerprint density at radius 2 is 1.76 bits per heavy atom. The van der Waals surface area contributed by atoms with E-state index in [9.17, 15) is 4.79 Å². The molecule has 0 radical (unpaired) electrons. The SMILES string of the molecule is CCNC(=O)N[C@H]1CC[C@@H](CC(C)(C)C)CC1. The van der Waals surface area contributed by atoms with Gasteiger partial charge in [-0.1, -0.05) is 20.8 Å². The number of hydrogen-bond acceptors (Lipinski definition) is 1. The number of urea groups is 1. The number of hydrogen-bond donors (Lipinski definition) is 2. The van der Waals surface area contributed by atoms with E-state index in [0.29, 0.717) is 18.0 Å². The minimum atomic E-state index is -0.00762. The highest BCUT2D eigenvalue weighted by Crippen LogP contribution is 2.34. The van der Waals surface area contributed by atoms with E-state index >= 15 is 0 Å². The Bertz CT molecular complexity index is 237. The molecule has 1 fully saturated rings. The van der Waals surface area contributed by atoms with Gasteiger partial charge in [0.15, 0.2) is 0 Å². The molecule has 17 heavy (non-hydrogen) atoms. The van der Waals surface area contributed by atoms with Crippen LogP contribution in [0.4, 0.5) is 4.79 Å². The van der Waals surface area contributed by atoms with E-state index in [4.69, 9.17) is 0 Å². The van der Waals surface area contributed by atoms with E-state index in [0.717, 1.165) is 18.8 Å². The summed E-state index contributed by atoms with van der Waals surface area (Å²) in [5.74, 6) is 0.849. The Hall–Kier alpha value is -0.730. The summed E-state index contributed by atoms with van der Waals surface area (Å²) in [6.45, 7) is 9.58. The van der Waals surface area contributed by atoms with Crippen molar-refractivity contribution < 1.29 is 4.79 Å². The van der Waals surface area contributed by atoms with E-state index in [-0.39, 0.29) is 6.03 Å². The molecule has 2 N–H and O–H groups in total. The Labute approximate surface area is 106 Å². The molecule has 3 nitrogen and oxygen atoms in total. The zero-order valence-corrected chi connectivity index (χ0v) is 11.8.